The first-order valence-corrected chi connectivity index (χ1v) is 16.5. The molecule has 49 heavy (non-hydrogen) atoms. The molecule has 8 nitrogen and oxygen atoms in total. The zero-order chi connectivity index (χ0) is 34.7. The Morgan fingerprint density at radius 1 is 0.898 bits per heavy atom. The number of nitrogens with two attached hydrogens (primary N) is 1. The molecule has 2 aromatic heterocycles. The second kappa shape index (κ2) is 14.7. The summed E-state index contributed by atoms with van der Waals surface area (Å²) in [6, 6.07) is 16.0. The molecule has 0 atom stereocenters. The third-order valence-electron chi connectivity index (χ3n) is 8.73. The van der Waals surface area contributed by atoms with E-state index in [0.29, 0.717) is 52.4 Å². The van der Waals surface area contributed by atoms with Crippen molar-refractivity contribution < 1.29 is 27.8 Å². The van der Waals surface area contributed by atoms with E-state index < -0.39 is 22.8 Å². The van der Waals surface area contributed by atoms with Gasteiger partial charge in [-0.1, -0.05) is 40.2 Å². The quantitative estimate of drug-likeness (QED) is 0.147. The number of carbonyl (C=O) groups is 1. The summed E-state index contributed by atoms with van der Waals surface area (Å²) in [6.45, 7) is 1.81. The van der Waals surface area contributed by atoms with Crippen molar-refractivity contribution in [2.45, 2.75) is 25.8 Å². The van der Waals surface area contributed by atoms with Crippen LogP contribution in [0.3, 0.4) is 0 Å². The van der Waals surface area contributed by atoms with Gasteiger partial charge in [0.05, 0.1) is 19.8 Å². The van der Waals surface area contributed by atoms with Gasteiger partial charge in [-0.15, -0.1) is 0 Å². The topological polar surface area (TPSA) is 106 Å². The molecule has 3 aromatic carbocycles. The minimum Gasteiger partial charge on any atom is -0.493 e. The Kier molecular flexibility index (Phi) is 10.2. The van der Waals surface area contributed by atoms with Crippen LogP contribution < -0.4 is 20.6 Å². The van der Waals surface area contributed by atoms with Gasteiger partial charge >= 0.3 is 0 Å². The fraction of sp³-hybridized carbons (Fsp3) is 0.237. The first-order valence-electron chi connectivity index (χ1n) is 15.7. The highest BCUT2D eigenvalue weighted by molar-refractivity contribution is 9.10. The standard InChI is InChI=1S/C38H34BrF2N3O5/c1-47-35-8-4-24(16-36(35)48-2)25-15-29(38(42)43-18-25)27-6-3-23(13-32(27)40)14-34(45)31-21-44(19-22-9-11-49-12-10-22)20-30(37(31)46)28-7-5-26(39)17-33(28)41/h3-8,13,15-18,20-22H,9-12,14,19H2,1-2H3,(H2,42,43). The summed E-state index contributed by atoms with van der Waals surface area (Å²) in [5, 5.41) is 0. The van der Waals surface area contributed by atoms with Gasteiger partial charge in [-0.25, -0.2) is 13.8 Å². The van der Waals surface area contributed by atoms with Crippen LogP contribution in [0.15, 0.2) is 88.5 Å². The van der Waals surface area contributed by atoms with Crippen molar-refractivity contribution in [2.24, 2.45) is 5.92 Å². The molecule has 2 N–H and O–H groups in total. The van der Waals surface area contributed by atoms with Gasteiger partial charge in [0.25, 0.3) is 0 Å². The Bertz CT molecular complexity index is 2100. The summed E-state index contributed by atoms with van der Waals surface area (Å²) >= 11 is 3.26. The minimum absolute atomic E-state index is 0.0850. The fourth-order valence-electron chi connectivity index (χ4n) is 6.09. The van der Waals surface area contributed by atoms with Crippen LogP contribution in [-0.4, -0.2) is 42.8 Å². The molecule has 1 aliphatic rings. The molecular formula is C38H34BrF2N3O5. The number of halogens is 3. The summed E-state index contributed by atoms with van der Waals surface area (Å²) < 4.78 is 49.3. The van der Waals surface area contributed by atoms with Crippen molar-refractivity contribution in [3.63, 3.8) is 0 Å². The van der Waals surface area contributed by atoms with Crippen molar-refractivity contribution in [2.75, 3.05) is 33.2 Å². The van der Waals surface area contributed by atoms with E-state index in [1.54, 1.807) is 60.5 Å². The molecular weight excluding hydrogens is 696 g/mol. The smallest absolute Gasteiger partial charge is 0.200 e. The summed E-state index contributed by atoms with van der Waals surface area (Å²) in [5.41, 5.74) is 8.10. The average molecular weight is 731 g/mol. The van der Waals surface area contributed by atoms with Gasteiger partial charge in [0.15, 0.2) is 22.7 Å². The monoisotopic (exact) mass is 729 g/mol. The molecule has 0 saturated carbocycles. The molecule has 1 saturated heterocycles. The van der Waals surface area contributed by atoms with Crippen molar-refractivity contribution in [3.8, 4) is 44.9 Å². The number of anilines is 1. The molecule has 5 aromatic rings. The highest BCUT2D eigenvalue weighted by atomic mass is 79.9. The number of Topliss-reactive ketones (excluding diaryl/α,β-unsaturated/α-hetero) is 1. The molecule has 0 bridgehead atoms. The van der Waals surface area contributed by atoms with Crippen LogP contribution >= 0.6 is 15.9 Å². The zero-order valence-corrected chi connectivity index (χ0v) is 28.6. The first kappa shape index (κ1) is 34.0. The van der Waals surface area contributed by atoms with Crippen LogP contribution in [0.4, 0.5) is 14.6 Å². The molecule has 1 aliphatic heterocycles. The number of methoxy groups -OCH3 is 2. The van der Waals surface area contributed by atoms with Crippen LogP contribution in [0.1, 0.15) is 28.8 Å². The van der Waals surface area contributed by atoms with Crippen LogP contribution in [0.2, 0.25) is 0 Å². The summed E-state index contributed by atoms with van der Waals surface area (Å²) in [5.74, 6) is -0.197. The zero-order valence-electron chi connectivity index (χ0n) is 27.0. The lowest BCUT2D eigenvalue weighted by Gasteiger charge is -2.23. The third-order valence-corrected chi connectivity index (χ3v) is 9.23. The number of hydrogen-bond donors (Lipinski definition) is 1. The highest BCUT2D eigenvalue weighted by Gasteiger charge is 2.22. The Hall–Kier alpha value is -4.87. The average Bonchev–Trinajstić information content (AvgIpc) is 3.10. The number of nitrogen functional groups attached to an aromatic ring is 1. The SMILES string of the molecule is COc1ccc(-c2cnc(N)c(-c3ccc(CC(=O)c4cn(CC5CCOCC5)cc(-c5ccc(Br)cc5F)c4=O)cc3F)c2)cc1OC. The largest absolute Gasteiger partial charge is 0.493 e. The number of ether oxygens (including phenoxy) is 3. The fourth-order valence-corrected chi connectivity index (χ4v) is 6.43. The van der Waals surface area contributed by atoms with Crippen LogP contribution in [0, 0.1) is 17.6 Å². The van der Waals surface area contributed by atoms with E-state index in [1.165, 1.54) is 31.5 Å². The number of benzene rings is 3. The Morgan fingerprint density at radius 2 is 1.61 bits per heavy atom. The van der Waals surface area contributed by atoms with Gasteiger partial charge in [0, 0.05) is 77.1 Å². The lowest BCUT2D eigenvalue weighted by Crippen LogP contribution is -2.25. The lowest BCUT2D eigenvalue weighted by atomic mass is 9.96. The first-order chi connectivity index (χ1) is 23.6. The van der Waals surface area contributed by atoms with Crippen molar-refractivity contribution in [1.82, 2.24) is 9.55 Å². The maximum Gasteiger partial charge on any atom is 0.200 e. The lowest BCUT2D eigenvalue weighted by molar-refractivity contribution is 0.0612. The Morgan fingerprint density at radius 3 is 2.33 bits per heavy atom. The number of ketones is 1. The van der Waals surface area contributed by atoms with Gasteiger partial charge in [0.2, 0.25) is 0 Å². The molecule has 11 heteroatoms. The number of rotatable bonds is 10. The number of aromatic nitrogens is 2. The maximum absolute atomic E-state index is 15.7. The second-order valence-electron chi connectivity index (χ2n) is 11.9. The molecule has 6 rings (SSSR count). The van der Waals surface area contributed by atoms with Crippen LogP contribution in [0.5, 0.6) is 11.5 Å². The van der Waals surface area contributed by atoms with E-state index >= 15 is 8.78 Å². The molecule has 0 unspecified atom stereocenters. The van der Waals surface area contributed by atoms with Crippen molar-refractivity contribution in [1.29, 1.82) is 0 Å². The number of pyridine rings is 2. The summed E-state index contributed by atoms with van der Waals surface area (Å²) in [7, 11) is 3.09. The van der Waals surface area contributed by atoms with E-state index in [2.05, 4.69) is 20.9 Å². The van der Waals surface area contributed by atoms with E-state index in [1.807, 2.05) is 6.07 Å². The predicted octanol–water partition coefficient (Wildman–Crippen LogP) is 7.74. The van der Waals surface area contributed by atoms with Gasteiger partial charge < -0.3 is 24.5 Å². The number of nitrogens with zero attached hydrogens (tertiary/aromatic N) is 2. The maximum atomic E-state index is 15.7. The summed E-state index contributed by atoms with van der Waals surface area (Å²) in [6.07, 6.45) is 6.14. The van der Waals surface area contributed by atoms with E-state index in [9.17, 15) is 9.59 Å². The van der Waals surface area contributed by atoms with Gasteiger partial charge in [-0.3, -0.25) is 9.59 Å². The van der Waals surface area contributed by atoms with E-state index in [0.717, 1.165) is 18.4 Å². The Balaban J connectivity index is 1.31. The third kappa shape index (κ3) is 7.42. The normalized spacial score (nSPS) is 13.3. The predicted molar refractivity (Wildman–Crippen MR) is 188 cm³/mol. The second-order valence-corrected chi connectivity index (χ2v) is 12.8. The van der Waals surface area contributed by atoms with E-state index in [-0.39, 0.29) is 40.4 Å². The highest BCUT2D eigenvalue weighted by Crippen LogP contribution is 2.36. The molecule has 0 amide bonds. The van der Waals surface area contributed by atoms with Gasteiger partial charge in [-0.2, -0.15) is 0 Å². The number of carbonyl (C=O) groups excluding carboxylic acids is 1. The Labute approximate surface area is 290 Å². The van der Waals surface area contributed by atoms with Gasteiger partial charge in [-0.05, 0) is 66.3 Å². The molecule has 0 radical (unpaired) electrons. The minimum atomic E-state index is -0.606. The van der Waals surface area contributed by atoms with Crippen molar-refractivity contribution >= 4 is 27.5 Å². The van der Waals surface area contributed by atoms with Crippen molar-refractivity contribution in [3.05, 3.63) is 117 Å². The summed E-state index contributed by atoms with van der Waals surface area (Å²) in [4.78, 5) is 31.7. The van der Waals surface area contributed by atoms with Crippen LogP contribution in [-0.2, 0) is 17.7 Å². The van der Waals surface area contributed by atoms with Crippen LogP contribution in [0.25, 0.3) is 33.4 Å². The molecule has 0 aliphatic carbocycles. The number of hydrogen-bond acceptors (Lipinski definition) is 7. The van der Waals surface area contributed by atoms with E-state index in [4.69, 9.17) is 19.9 Å². The molecule has 3 heterocycles. The molecule has 0 spiro atoms. The molecule has 252 valence electrons. The van der Waals surface area contributed by atoms with Gasteiger partial charge in [0.1, 0.15) is 17.5 Å². The molecule has 1 fully saturated rings.